The molecule has 1 heterocycles. The average molecular weight is 500 g/mol. The molecule has 3 aromatic rings. The van der Waals surface area contributed by atoms with Crippen molar-refractivity contribution in [3.63, 3.8) is 0 Å². The molecule has 0 bridgehead atoms. The van der Waals surface area contributed by atoms with Crippen LogP contribution in [0.2, 0.25) is 5.02 Å². The van der Waals surface area contributed by atoms with Crippen LogP contribution in [0.4, 0.5) is 5.00 Å². The Labute approximate surface area is 207 Å². The van der Waals surface area contributed by atoms with Crippen LogP contribution in [0.15, 0.2) is 53.9 Å². The van der Waals surface area contributed by atoms with Crippen molar-refractivity contribution >= 4 is 45.8 Å². The molecule has 0 fully saturated rings. The van der Waals surface area contributed by atoms with E-state index in [4.69, 9.17) is 21.1 Å². The third-order valence-corrected chi connectivity index (χ3v) is 6.15. The first-order valence-corrected chi connectivity index (χ1v) is 12.0. The molecule has 6 nitrogen and oxygen atoms in total. The van der Waals surface area contributed by atoms with Crippen molar-refractivity contribution in [3.8, 4) is 11.1 Å². The van der Waals surface area contributed by atoms with Crippen molar-refractivity contribution in [2.24, 2.45) is 0 Å². The Balaban J connectivity index is 1.71. The van der Waals surface area contributed by atoms with E-state index < -0.39 is 24.5 Å². The summed E-state index contributed by atoms with van der Waals surface area (Å²) in [5.41, 5.74) is 3.02. The van der Waals surface area contributed by atoms with E-state index in [9.17, 15) is 14.4 Å². The van der Waals surface area contributed by atoms with Crippen LogP contribution in [0.5, 0.6) is 0 Å². The van der Waals surface area contributed by atoms with Crippen LogP contribution in [0.1, 0.15) is 54.0 Å². The molecule has 0 aliphatic heterocycles. The van der Waals surface area contributed by atoms with Gasteiger partial charge in [-0.1, -0.05) is 56.6 Å². The zero-order valence-corrected chi connectivity index (χ0v) is 21.0. The van der Waals surface area contributed by atoms with Crippen molar-refractivity contribution in [1.82, 2.24) is 0 Å². The third-order valence-electron chi connectivity index (χ3n) is 5.00. The first-order valence-electron chi connectivity index (χ1n) is 10.7. The number of rotatable bonds is 7. The highest BCUT2D eigenvalue weighted by molar-refractivity contribution is 7.15. The minimum atomic E-state index is -0.603. The van der Waals surface area contributed by atoms with E-state index >= 15 is 0 Å². The average Bonchev–Trinajstić information content (AvgIpc) is 3.21. The predicted molar refractivity (Wildman–Crippen MR) is 135 cm³/mol. The molecular formula is C26H26ClNO5S. The highest BCUT2D eigenvalue weighted by atomic mass is 35.5. The van der Waals surface area contributed by atoms with Gasteiger partial charge in [-0.05, 0) is 47.7 Å². The van der Waals surface area contributed by atoms with Gasteiger partial charge in [0, 0.05) is 16.0 Å². The van der Waals surface area contributed by atoms with Crippen LogP contribution < -0.4 is 5.32 Å². The Bertz CT molecular complexity index is 1180. The van der Waals surface area contributed by atoms with Crippen molar-refractivity contribution in [2.75, 3.05) is 18.5 Å². The number of halogens is 1. The maximum Gasteiger partial charge on any atom is 0.341 e. The first kappa shape index (κ1) is 25.5. The number of carbonyl (C=O) groups excluding carboxylic acids is 3. The van der Waals surface area contributed by atoms with Crippen LogP contribution in [0.3, 0.4) is 0 Å². The SMILES string of the molecule is CCOC(=O)c1c(-c2ccc(Cl)cc2)csc1NC(=O)COC(=O)c1ccc(C(C)(C)C)cc1. The molecular weight excluding hydrogens is 474 g/mol. The molecule has 0 atom stereocenters. The van der Waals surface area contributed by atoms with Crippen molar-refractivity contribution in [3.05, 3.63) is 75.6 Å². The molecule has 0 aliphatic carbocycles. The van der Waals surface area contributed by atoms with Gasteiger partial charge in [0.1, 0.15) is 10.6 Å². The van der Waals surface area contributed by atoms with Crippen LogP contribution in [-0.2, 0) is 19.7 Å². The number of anilines is 1. The molecule has 2 aromatic carbocycles. The largest absolute Gasteiger partial charge is 0.462 e. The fourth-order valence-corrected chi connectivity index (χ4v) is 4.28. The molecule has 1 amide bonds. The second-order valence-corrected chi connectivity index (χ2v) is 9.85. The molecule has 34 heavy (non-hydrogen) atoms. The van der Waals surface area contributed by atoms with Gasteiger partial charge in [0.05, 0.1) is 12.2 Å². The maximum absolute atomic E-state index is 12.6. The standard InChI is InChI=1S/C26H26ClNO5S/c1-5-32-25(31)22-20(16-8-12-19(27)13-9-16)15-34-23(22)28-21(29)14-33-24(30)17-6-10-18(11-7-17)26(2,3)4/h6-13,15H,5,14H2,1-4H3,(H,28,29). The molecule has 0 saturated carbocycles. The monoisotopic (exact) mass is 499 g/mol. The minimum Gasteiger partial charge on any atom is -0.462 e. The van der Waals surface area contributed by atoms with Crippen LogP contribution in [0.25, 0.3) is 11.1 Å². The summed E-state index contributed by atoms with van der Waals surface area (Å²) in [5, 5.41) is 5.31. The van der Waals surface area contributed by atoms with E-state index in [-0.39, 0.29) is 17.6 Å². The first-order chi connectivity index (χ1) is 16.1. The number of hydrogen-bond donors (Lipinski definition) is 1. The fourth-order valence-electron chi connectivity index (χ4n) is 3.18. The van der Waals surface area contributed by atoms with Crippen molar-refractivity contribution in [1.29, 1.82) is 0 Å². The number of nitrogens with one attached hydrogen (secondary N) is 1. The molecule has 178 valence electrons. The number of thiophene rings is 1. The molecule has 1 N–H and O–H groups in total. The number of hydrogen-bond acceptors (Lipinski definition) is 6. The van der Waals surface area contributed by atoms with Gasteiger partial charge in [-0.3, -0.25) is 4.79 Å². The second-order valence-electron chi connectivity index (χ2n) is 8.53. The zero-order valence-electron chi connectivity index (χ0n) is 19.4. The summed E-state index contributed by atoms with van der Waals surface area (Å²) in [5.74, 6) is -1.72. The summed E-state index contributed by atoms with van der Waals surface area (Å²) in [6.07, 6.45) is 0. The van der Waals surface area contributed by atoms with E-state index in [0.29, 0.717) is 21.2 Å². The second kappa shape index (κ2) is 10.8. The van der Waals surface area contributed by atoms with E-state index in [0.717, 1.165) is 11.1 Å². The molecule has 0 saturated heterocycles. The van der Waals surface area contributed by atoms with E-state index in [1.807, 2.05) is 12.1 Å². The number of esters is 2. The van der Waals surface area contributed by atoms with Gasteiger partial charge in [-0.15, -0.1) is 11.3 Å². The summed E-state index contributed by atoms with van der Waals surface area (Å²) in [6.45, 7) is 7.65. The van der Waals surface area contributed by atoms with Crippen LogP contribution in [0, 0.1) is 0 Å². The predicted octanol–water partition coefficient (Wildman–Crippen LogP) is 6.34. The lowest BCUT2D eigenvalue weighted by Gasteiger charge is -2.18. The highest BCUT2D eigenvalue weighted by Gasteiger charge is 2.23. The van der Waals surface area contributed by atoms with Crippen LogP contribution >= 0.6 is 22.9 Å². The Hall–Kier alpha value is -3.16. The normalized spacial score (nSPS) is 11.1. The zero-order chi connectivity index (χ0) is 24.9. The number of ether oxygens (including phenoxy) is 2. The lowest BCUT2D eigenvalue weighted by Crippen LogP contribution is -2.22. The molecule has 8 heteroatoms. The molecule has 0 unspecified atom stereocenters. The number of amides is 1. The molecule has 1 aromatic heterocycles. The van der Waals surface area contributed by atoms with E-state index in [2.05, 4.69) is 26.1 Å². The Morgan fingerprint density at radius 3 is 2.18 bits per heavy atom. The lowest BCUT2D eigenvalue weighted by molar-refractivity contribution is -0.119. The van der Waals surface area contributed by atoms with Crippen LogP contribution in [-0.4, -0.2) is 31.1 Å². The summed E-state index contributed by atoms with van der Waals surface area (Å²) in [4.78, 5) is 37.5. The highest BCUT2D eigenvalue weighted by Crippen LogP contribution is 2.36. The van der Waals surface area contributed by atoms with Gasteiger partial charge in [0.2, 0.25) is 0 Å². The minimum absolute atomic E-state index is 0.0372. The van der Waals surface area contributed by atoms with Gasteiger partial charge < -0.3 is 14.8 Å². The van der Waals surface area contributed by atoms with Gasteiger partial charge >= 0.3 is 11.9 Å². The lowest BCUT2D eigenvalue weighted by atomic mass is 9.87. The molecule has 0 radical (unpaired) electrons. The summed E-state index contributed by atoms with van der Waals surface area (Å²) in [6, 6.07) is 14.1. The molecule has 3 rings (SSSR count). The number of benzene rings is 2. The van der Waals surface area contributed by atoms with Crippen molar-refractivity contribution in [2.45, 2.75) is 33.1 Å². The molecule has 0 aliphatic rings. The summed E-state index contributed by atoms with van der Waals surface area (Å²) < 4.78 is 10.4. The number of carbonyl (C=O) groups is 3. The topological polar surface area (TPSA) is 81.7 Å². The molecule has 0 spiro atoms. The Kier molecular flexibility index (Phi) is 8.12. The van der Waals surface area contributed by atoms with Gasteiger partial charge in [0.15, 0.2) is 6.61 Å². The van der Waals surface area contributed by atoms with Crippen molar-refractivity contribution < 1.29 is 23.9 Å². The summed E-state index contributed by atoms with van der Waals surface area (Å²) in [7, 11) is 0. The maximum atomic E-state index is 12.6. The van der Waals surface area contributed by atoms with Gasteiger partial charge in [0.25, 0.3) is 5.91 Å². The van der Waals surface area contributed by atoms with Gasteiger partial charge in [-0.25, -0.2) is 9.59 Å². The van der Waals surface area contributed by atoms with E-state index in [1.54, 1.807) is 48.7 Å². The quantitative estimate of drug-likeness (QED) is 0.384. The smallest absolute Gasteiger partial charge is 0.341 e. The Morgan fingerprint density at radius 2 is 1.59 bits per heavy atom. The Morgan fingerprint density at radius 1 is 0.941 bits per heavy atom. The summed E-state index contributed by atoms with van der Waals surface area (Å²) >= 11 is 7.16. The van der Waals surface area contributed by atoms with Gasteiger partial charge in [-0.2, -0.15) is 0 Å². The van der Waals surface area contributed by atoms with E-state index in [1.165, 1.54) is 11.3 Å². The third kappa shape index (κ3) is 6.24. The fraction of sp³-hybridized carbons (Fsp3) is 0.269.